The second-order valence-electron chi connectivity index (χ2n) is 10.7. The van der Waals surface area contributed by atoms with E-state index in [0.717, 1.165) is 62.5 Å². The minimum Gasteiger partial charge on any atom is -0.481 e. The molecule has 0 unspecified atom stereocenters. The lowest BCUT2D eigenvalue weighted by Crippen LogP contribution is -2.37. The van der Waals surface area contributed by atoms with Gasteiger partial charge in [-0.25, -0.2) is 0 Å². The topological polar surface area (TPSA) is 130 Å². The average Bonchev–Trinajstić information content (AvgIpc) is 2.91. The van der Waals surface area contributed by atoms with Crippen LogP contribution in [0.2, 0.25) is 0 Å². The fourth-order valence-electron chi connectivity index (χ4n) is 4.71. The van der Waals surface area contributed by atoms with E-state index in [4.69, 9.17) is 5.11 Å². The van der Waals surface area contributed by atoms with Gasteiger partial charge in [0.15, 0.2) is 0 Å². The molecule has 1 aromatic rings. The molecule has 0 saturated heterocycles. The van der Waals surface area contributed by atoms with Crippen molar-refractivity contribution in [3.8, 4) is 0 Å². The maximum Gasteiger partial charge on any atom is 0.303 e. The quantitative estimate of drug-likeness (QED) is 0.0847. The van der Waals surface area contributed by atoms with Gasteiger partial charge >= 0.3 is 5.97 Å². The third-order valence-electron chi connectivity index (χ3n) is 6.94. The van der Waals surface area contributed by atoms with Crippen LogP contribution in [0.5, 0.6) is 0 Å². The largest absolute Gasteiger partial charge is 0.481 e. The van der Waals surface area contributed by atoms with Crippen molar-refractivity contribution in [2.75, 3.05) is 13.2 Å². The number of aryl methyl sites for hydroxylation is 1. The fourth-order valence-corrected chi connectivity index (χ4v) is 4.71. The van der Waals surface area contributed by atoms with E-state index in [0.29, 0.717) is 25.8 Å². The zero-order valence-corrected chi connectivity index (χ0v) is 24.1. The molecule has 0 amide bonds. The van der Waals surface area contributed by atoms with Gasteiger partial charge < -0.3 is 30.8 Å². The van der Waals surface area contributed by atoms with Crippen LogP contribution in [-0.2, 0) is 11.2 Å². The maximum absolute atomic E-state index is 10.8. The molecule has 1 aromatic carbocycles. The molecule has 1 rings (SSSR count). The van der Waals surface area contributed by atoms with Gasteiger partial charge in [-0.3, -0.25) is 4.79 Å². The van der Waals surface area contributed by atoms with Crippen LogP contribution in [0.1, 0.15) is 96.5 Å². The second-order valence-corrected chi connectivity index (χ2v) is 10.7. The number of rotatable bonds is 23. The highest BCUT2D eigenvalue weighted by atomic mass is 16.4. The van der Waals surface area contributed by atoms with Crippen molar-refractivity contribution in [1.29, 1.82) is 0 Å². The Bertz CT molecular complexity index is 823. The summed E-state index contributed by atoms with van der Waals surface area (Å²) in [6.45, 7) is 3.90. The van der Waals surface area contributed by atoms with E-state index in [1.54, 1.807) is 6.92 Å². The fraction of sp³-hybridized carbons (Fsp3) is 0.656. The number of hydrogen-bond acceptors (Lipinski definition) is 6. The molecule has 0 bridgehead atoms. The lowest BCUT2D eigenvalue weighted by atomic mass is 9.88. The average molecular weight is 548 g/mol. The van der Waals surface area contributed by atoms with Crippen molar-refractivity contribution < 1.29 is 30.3 Å². The summed E-state index contributed by atoms with van der Waals surface area (Å²) in [4.78, 5) is 10.8. The minimum atomic E-state index is -0.916. The van der Waals surface area contributed by atoms with E-state index in [1.807, 2.05) is 30.4 Å². The molecule has 7 heteroatoms. The van der Waals surface area contributed by atoms with Crippen molar-refractivity contribution in [2.45, 2.75) is 122 Å². The van der Waals surface area contributed by atoms with E-state index < -0.39 is 24.3 Å². The van der Waals surface area contributed by atoms with Crippen LogP contribution >= 0.6 is 0 Å². The molecule has 0 heterocycles. The summed E-state index contributed by atoms with van der Waals surface area (Å²) in [7, 11) is 0. The third kappa shape index (κ3) is 17.3. The summed E-state index contributed by atoms with van der Waals surface area (Å²) in [6.07, 6.45) is 11.6. The Hall–Kier alpha value is -2.03. The molecule has 0 aromatic heterocycles. The highest BCUT2D eigenvalue weighted by Crippen LogP contribution is 2.26. The summed E-state index contributed by atoms with van der Waals surface area (Å²) < 4.78 is 0. The van der Waals surface area contributed by atoms with Crippen LogP contribution in [0.15, 0.2) is 53.6 Å². The van der Waals surface area contributed by atoms with Gasteiger partial charge in [-0.05, 0) is 62.2 Å². The van der Waals surface area contributed by atoms with E-state index in [9.17, 15) is 25.2 Å². The van der Waals surface area contributed by atoms with E-state index in [1.165, 1.54) is 5.56 Å². The Kier molecular flexibility index (Phi) is 19.5. The number of nitrogens with one attached hydrogen (secondary N) is 1. The minimum absolute atomic E-state index is 0.132. The smallest absolute Gasteiger partial charge is 0.303 e. The predicted octanol–water partition coefficient (Wildman–Crippen LogP) is 4.92. The molecule has 0 fully saturated rings. The third-order valence-corrected chi connectivity index (χ3v) is 6.94. The number of hydrogen-bond donors (Lipinski definition) is 6. The molecule has 0 saturated carbocycles. The number of carboxylic acid groups (broad SMARTS) is 1. The Labute approximate surface area is 235 Å². The first kappa shape index (κ1) is 35.0. The lowest BCUT2D eigenvalue weighted by Gasteiger charge is -2.27. The van der Waals surface area contributed by atoms with Crippen molar-refractivity contribution in [3.05, 3.63) is 59.2 Å². The van der Waals surface area contributed by atoms with Gasteiger partial charge in [-0.15, -0.1) is 0 Å². The molecule has 0 radical (unpaired) electrons. The zero-order valence-electron chi connectivity index (χ0n) is 24.1. The normalized spacial score (nSPS) is 15.6. The zero-order chi connectivity index (χ0) is 28.9. The van der Waals surface area contributed by atoms with Crippen molar-refractivity contribution in [1.82, 2.24) is 5.32 Å². The van der Waals surface area contributed by atoms with Gasteiger partial charge in [0.05, 0.1) is 24.9 Å². The number of aliphatic hydroxyl groups is 4. The summed E-state index contributed by atoms with van der Waals surface area (Å²) >= 11 is 0. The molecule has 7 nitrogen and oxygen atoms in total. The molecule has 222 valence electrons. The molecule has 4 atom stereocenters. The number of carbonyl (C=O) groups is 1. The number of carboxylic acids is 1. The summed E-state index contributed by atoms with van der Waals surface area (Å²) in [5, 5.41) is 53.2. The van der Waals surface area contributed by atoms with Crippen molar-refractivity contribution >= 4 is 5.97 Å². The SMILES string of the molecule is CCCCC[C@H](O)C=CC(CCc1ccccc1)=C(C[C@H](O)CO)[C@H](CCCCCCC(=O)O)NC[C@H](C)O. The molecular weight excluding hydrogens is 494 g/mol. The Morgan fingerprint density at radius 2 is 1.64 bits per heavy atom. The van der Waals surface area contributed by atoms with Crippen LogP contribution in [0.4, 0.5) is 0 Å². The van der Waals surface area contributed by atoms with Crippen LogP contribution in [-0.4, -0.2) is 69.0 Å². The van der Waals surface area contributed by atoms with Crippen molar-refractivity contribution in [3.63, 3.8) is 0 Å². The van der Waals surface area contributed by atoms with Gasteiger partial charge in [-0.1, -0.05) is 87.9 Å². The van der Waals surface area contributed by atoms with Gasteiger partial charge in [0.1, 0.15) is 0 Å². The summed E-state index contributed by atoms with van der Waals surface area (Å²) in [6, 6.07) is 10.1. The number of aliphatic hydroxyl groups excluding tert-OH is 4. The first-order chi connectivity index (χ1) is 18.8. The highest BCUT2D eigenvalue weighted by molar-refractivity contribution is 5.66. The second kappa shape index (κ2) is 21.8. The number of allylic oxidation sites excluding steroid dienone is 2. The Morgan fingerprint density at radius 3 is 2.28 bits per heavy atom. The molecule has 39 heavy (non-hydrogen) atoms. The predicted molar refractivity (Wildman–Crippen MR) is 158 cm³/mol. The highest BCUT2D eigenvalue weighted by Gasteiger charge is 2.21. The summed E-state index contributed by atoms with van der Waals surface area (Å²) in [5.41, 5.74) is 3.20. The van der Waals surface area contributed by atoms with Crippen LogP contribution < -0.4 is 5.32 Å². The molecule has 0 spiro atoms. The number of unbranched alkanes of at least 4 members (excludes halogenated alkanes) is 5. The van der Waals surface area contributed by atoms with Crippen molar-refractivity contribution in [2.24, 2.45) is 0 Å². The Morgan fingerprint density at radius 1 is 0.949 bits per heavy atom. The molecular formula is C32H53NO6. The molecule has 0 aliphatic rings. The van der Waals surface area contributed by atoms with Gasteiger partial charge in [0, 0.05) is 19.0 Å². The standard InChI is InChI=1S/C32H53NO6/c1-3-4-8-15-28(36)21-20-27(19-18-26-13-9-7-10-14-26)30(22-29(37)24-34)31(33-23-25(2)35)16-11-5-6-12-17-32(38)39/h7,9-10,13-14,20-21,25,28-29,31,33-37H,3-6,8,11-12,15-19,22-24H2,1-2H3,(H,38,39)/t25-,28-,29-,31-/m0/s1. The molecule has 6 N–H and O–H groups in total. The lowest BCUT2D eigenvalue weighted by molar-refractivity contribution is -0.137. The maximum atomic E-state index is 10.8. The summed E-state index contributed by atoms with van der Waals surface area (Å²) in [5.74, 6) is -0.776. The van der Waals surface area contributed by atoms with E-state index >= 15 is 0 Å². The first-order valence-corrected chi connectivity index (χ1v) is 14.8. The first-order valence-electron chi connectivity index (χ1n) is 14.8. The molecule has 0 aliphatic carbocycles. The molecule has 0 aliphatic heterocycles. The number of aliphatic carboxylic acids is 1. The van der Waals surface area contributed by atoms with E-state index in [2.05, 4.69) is 24.4 Å². The van der Waals surface area contributed by atoms with E-state index in [-0.39, 0.29) is 25.5 Å². The Balaban J connectivity index is 3.27. The van der Waals surface area contributed by atoms with Gasteiger partial charge in [0.25, 0.3) is 0 Å². The van der Waals surface area contributed by atoms with Crippen LogP contribution in [0.25, 0.3) is 0 Å². The van der Waals surface area contributed by atoms with Gasteiger partial charge in [-0.2, -0.15) is 0 Å². The van der Waals surface area contributed by atoms with Crippen LogP contribution in [0, 0.1) is 0 Å². The monoisotopic (exact) mass is 547 g/mol. The van der Waals surface area contributed by atoms with Crippen LogP contribution in [0.3, 0.4) is 0 Å². The van der Waals surface area contributed by atoms with Gasteiger partial charge in [0.2, 0.25) is 0 Å². The number of benzene rings is 1.